The average molecular weight is 590 g/mol. The van der Waals surface area contributed by atoms with E-state index in [2.05, 4.69) is 15.3 Å². The summed E-state index contributed by atoms with van der Waals surface area (Å²) in [6.45, 7) is 9.61. The number of benzene rings is 1. The van der Waals surface area contributed by atoms with Gasteiger partial charge in [0, 0.05) is 43.7 Å². The molecule has 1 aromatic carbocycles. The van der Waals surface area contributed by atoms with Gasteiger partial charge in [0.15, 0.2) is 5.82 Å². The van der Waals surface area contributed by atoms with Gasteiger partial charge in [0.25, 0.3) is 20.0 Å². The van der Waals surface area contributed by atoms with Crippen LogP contribution < -0.4 is 8.45 Å². The predicted molar refractivity (Wildman–Crippen MR) is 151 cm³/mol. The molecule has 0 bridgehead atoms. The van der Waals surface area contributed by atoms with Crippen LogP contribution in [0.5, 0.6) is 5.75 Å². The van der Waals surface area contributed by atoms with Crippen LogP contribution in [0.2, 0.25) is 0 Å². The third-order valence-electron chi connectivity index (χ3n) is 6.48. The van der Waals surface area contributed by atoms with Crippen LogP contribution in [0.4, 0.5) is 5.82 Å². The summed E-state index contributed by atoms with van der Waals surface area (Å²) in [5, 5.41) is 13.2. The molecular weight excluding hydrogens is 554 g/mol. The van der Waals surface area contributed by atoms with Gasteiger partial charge in [0.2, 0.25) is 0 Å². The van der Waals surface area contributed by atoms with E-state index in [4.69, 9.17) is 4.74 Å². The van der Waals surface area contributed by atoms with Crippen LogP contribution in [-0.2, 0) is 40.2 Å². The van der Waals surface area contributed by atoms with Crippen molar-refractivity contribution in [1.82, 2.24) is 29.3 Å². The second kappa shape index (κ2) is 11.1. The number of aryl methyl sites for hydroxylation is 5. The maximum absolute atomic E-state index is 14.4. The van der Waals surface area contributed by atoms with Gasteiger partial charge >= 0.3 is 0 Å². The number of nitrogens with zero attached hydrogens (tertiary/aromatic N) is 7. The molecule has 0 atom stereocenters. The van der Waals surface area contributed by atoms with Crippen molar-refractivity contribution in [3.8, 4) is 17.0 Å². The number of ether oxygens (including phenoxy) is 1. The van der Waals surface area contributed by atoms with Crippen molar-refractivity contribution in [1.29, 1.82) is 0 Å². The van der Waals surface area contributed by atoms with Gasteiger partial charge in [0.1, 0.15) is 15.5 Å². The topological polar surface area (TPSA) is 134 Å². The summed E-state index contributed by atoms with van der Waals surface area (Å²) in [6.07, 6.45) is 4.20. The first kappa shape index (κ1) is 29.3. The average Bonchev–Trinajstić information content (AvgIpc) is 3.55. The number of hydrogen-bond donors (Lipinski definition) is 0. The molecule has 4 aromatic rings. The molecule has 3 aromatic heterocycles. The normalized spacial score (nSPS) is 12.2. The molecule has 0 aliphatic carbocycles. The minimum Gasteiger partial charge on any atom is -0.497 e. The Morgan fingerprint density at radius 2 is 1.27 bits per heavy atom. The molecule has 12 nitrogen and oxygen atoms in total. The Bertz CT molecular complexity index is 1650. The zero-order valence-corrected chi connectivity index (χ0v) is 25.4. The van der Waals surface area contributed by atoms with Crippen LogP contribution in [0.15, 0.2) is 46.5 Å². The first-order valence-corrected chi connectivity index (χ1v) is 15.8. The lowest BCUT2D eigenvalue weighted by atomic mass is 10.1. The highest BCUT2D eigenvalue weighted by molar-refractivity contribution is 8.10. The number of hydrogen-bond acceptors (Lipinski definition) is 8. The first-order chi connectivity index (χ1) is 18.9. The predicted octanol–water partition coefficient (Wildman–Crippen LogP) is 3.82. The molecule has 0 amide bonds. The van der Waals surface area contributed by atoms with Gasteiger partial charge in [-0.1, -0.05) is 13.8 Å². The molecule has 0 N–H and O–H groups in total. The van der Waals surface area contributed by atoms with Gasteiger partial charge in [-0.3, -0.25) is 14.0 Å². The highest BCUT2D eigenvalue weighted by Gasteiger charge is 2.43. The number of anilines is 1. The van der Waals surface area contributed by atoms with Crippen molar-refractivity contribution < 1.29 is 21.6 Å². The summed E-state index contributed by atoms with van der Waals surface area (Å²) >= 11 is 0. The molecule has 0 radical (unpaired) electrons. The lowest BCUT2D eigenvalue weighted by Crippen LogP contribution is -2.39. The quantitative estimate of drug-likeness (QED) is 0.258. The van der Waals surface area contributed by atoms with E-state index in [1.54, 1.807) is 52.1 Å². The van der Waals surface area contributed by atoms with Crippen molar-refractivity contribution in [2.75, 3.05) is 10.8 Å². The SMILES string of the molecule is CCCn1cc(S(=O)(=O)N(c2c(C)c(-c3ccc(OC)cc3)nn2C)S(=O)(=O)c2cn(CCC)nc2C)c(C)n1. The van der Waals surface area contributed by atoms with Gasteiger partial charge < -0.3 is 4.74 Å². The van der Waals surface area contributed by atoms with Crippen LogP contribution in [0, 0.1) is 20.8 Å². The van der Waals surface area contributed by atoms with E-state index in [-0.39, 0.29) is 27.0 Å². The van der Waals surface area contributed by atoms with Crippen LogP contribution in [0.3, 0.4) is 0 Å². The van der Waals surface area contributed by atoms with E-state index in [9.17, 15) is 16.8 Å². The maximum Gasteiger partial charge on any atom is 0.282 e. The fraction of sp³-hybridized carbons (Fsp3) is 0.423. The Morgan fingerprint density at radius 3 is 1.70 bits per heavy atom. The largest absolute Gasteiger partial charge is 0.497 e. The highest BCUT2D eigenvalue weighted by atomic mass is 32.3. The Balaban J connectivity index is 1.99. The van der Waals surface area contributed by atoms with Gasteiger partial charge in [-0.05, 0) is 57.9 Å². The van der Waals surface area contributed by atoms with Gasteiger partial charge in [0.05, 0.1) is 24.2 Å². The minimum atomic E-state index is -4.69. The number of methoxy groups -OCH3 is 1. The second-order valence-corrected chi connectivity index (χ2v) is 13.3. The van der Waals surface area contributed by atoms with Crippen LogP contribution >= 0.6 is 0 Å². The highest BCUT2D eigenvalue weighted by Crippen LogP contribution is 2.38. The van der Waals surface area contributed by atoms with E-state index < -0.39 is 20.0 Å². The molecule has 40 heavy (non-hydrogen) atoms. The molecule has 0 saturated heterocycles. The van der Waals surface area contributed by atoms with Crippen molar-refractivity contribution in [2.45, 2.75) is 70.3 Å². The van der Waals surface area contributed by atoms with Crippen LogP contribution in [-0.4, -0.2) is 53.3 Å². The molecule has 0 saturated carbocycles. The van der Waals surface area contributed by atoms with Gasteiger partial charge in [-0.15, -0.1) is 3.71 Å². The number of rotatable bonds is 11. The third-order valence-corrected chi connectivity index (χ3v) is 10.8. The Hall–Kier alpha value is -3.65. The maximum atomic E-state index is 14.4. The minimum absolute atomic E-state index is 0.101. The lowest BCUT2D eigenvalue weighted by Gasteiger charge is -2.24. The van der Waals surface area contributed by atoms with Crippen molar-refractivity contribution >= 4 is 25.9 Å². The molecule has 14 heteroatoms. The zero-order valence-electron chi connectivity index (χ0n) is 23.8. The molecule has 0 aliphatic heterocycles. The number of aromatic nitrogens is 6. The molecule has 4 rings (SSSR count). The van der Waals surface area contributed by atoms with E-state index in [1.165, 1.54) is 33.5 Å². The second-order valence-electron chi connectivity index (χ2n) is 9.54. The van der Waals surface area contributed by atoms with Crippen molar-refractivity contribution in [3.63, 3.8) is 0 Å². The summed E-state index contributed by atoms with van der Waals surface area (Å²) in [5.41, 5.74) is 1.88. The standard InChI is InChI=1S/C26H35N7O5S2/c1-8-14-31-16-23(19(4)27-31)39(34,35)33(40(36,37)24-17-32(15-9-2)28-20(24)5)26-18(3)25(29-30(26)6)21-10-12-22(38-7)13-11-21/h10-13,16-17H,8-9,14-15H2,1-7H3. The monoisotopic (exact) mass is 589 g/mol. The molecule has 3 heterocycles. The Labute approximate surface area is 235 Å². The summed E-state index contributed by atoms with van der Waals surface area (Å²) in [5.74, 6) is 0.541. The van der Waals surface area contributed by atoms with Crippen LogP contribution in [0.25, 0.3) is 11.3 Å². The number of sulfonamides is 2. The molecule has 216 valence electrons. The molecule has 0 fully saturated rings. The molecule has 0 unspecified atom stereocenters. The van der Waals surface area contributed by atoms with E-state index in [0.29, 0.717) is 39.4 Å². The molecule has 0 spiro atoms. The summed E-state index contributed by atoms with van der Waals surface area (Å²) in [4.78, 5) is -0.399. The van der Waals surface area contributed by atoms with Crippen LogP contribution in [0.1, 0.15) is 43.6 Å². The summed E-state index contributed by atoms with van der Waals surface area (Å²) in [6, 6.07) is 7.07. The Kier molecular flexibility index (Phi) is 8.13. The Morgan fingerprint density at radius 1 is 0.800 bits per heavy atom. The van der Waals surface area contributed by atoms with Gasteiger partial charge in [-0.25, -0.2) is 0 Å². The van der Waals surface area contributed by atoms with Crippen molar-refractivity contribution in [3.05, 3.63) is 53.6 Å². The fourth-order valence-corrected chi connectivity index (χ4v) is 8.80. The van der Waals surface area contributed by atoms with E-state index in [1.807, 2.05) is 13.8 Å². The smallest absolute Gasteiger partial charge is 0.282 e. The summed E-state index contributed by atoms with van der Waals surface area (Å²) in [7, 11) is -6.30. The van der Waals surface area contributed by atoms with Gasteiger partial charge in [-0.2, -0.15) is 32.1 Å². The zero-order chi connectivity index (χ0) is 29.4. The van der Waals surface area contributed by atoms with E-state index >= 15 is 0 Å². The first-order valence-electron chi connectivity index (χ1n) is 12.9. The fourth-order valence-electron chi connectivity index (χ4n) is 4.63. The third kappa shape index (κ3) is 5.12. The summed E-state index contributed by atoms with van der Waals surface area (Å²) < 4.78 is 67.5. The molecule has 0 aliphatic rings. The lowest BCUT2D eigenvalue weighted by molar-refractivity contribution is 0.415. The van der Waals surface area contributed by atoms with Crippen molar-refractivity contribution in [2.24, 2.45) is 7.05 Å². The van der Waals surface area contributed by atoms with E-state index in [0.717, 1.165) is 12.8 Å². The molecular formula is C26H35N7O5S2.